The quantitative estimate of drug-likeness (QED) is 0.0899. The lowest BCUT2D eigenvalue weighted by Crippen LogP contribution is -2.45. The van der Waals surface area contributed by atoms with Crippen LogP contribution >= 0.6 is 0 Å². The molecule has 16 nitrogen and oxygen atoms in total. The number of carbonyl (C=O) groups is 4. The lowest BCUT2D eigenvalue weighted by molar-refractivity contribution is -0.141. The van der Waals surface area contributed by atoms with Gasteiger partial charge < -0.3 is 20.8 Å². The Morgan fingerprint density at radius 3 is 1.67 bits per heavy atom. The number of carboxylic acid groups (broad SMARTS) is 2. The standard InChI is InChI=1S/C32H42N8O8S/c33-49(47,48)28-11-9-25(10-12-28)37-30(42)22-40(24-32(45)46)18-17-39(23-31(43)44)21-29(41)36-15-5-6-16-38(19-26-7-1-3-13-34-26)20-27-8-2-4-14-35-27/h1-4,7-14H,5-6,15-24H2,(H,36,41)(H,37,42)(H,43,44)(H,45,46)(H2,33,47,48). The Labute approximate surface area is 285 Å². The third kappa shape index (κ3) is 15.8. The van der Waals surface area contributed by atoms with Crippen LogP contribution in [0.25, 0.3) is 0 Å². The zero-order valence-corrected chi connectivity index (χ0v) is 27.8. The van der Waals surface area contributed by atoms with Gasteiger partial charge in [0.1, 0.15) is 0 Å². The molecule has 0 aliphatic heterocycles. The highest BCUT2D eigenvalue weighted by Gasteiger charge is 2.19. The molecule has 3 aromatic rings. The maximum absolute atomic E-state index is 12.7. The maximum Gasteiger partial charge on any atom is 0.317 e. The Hall–Kier alpha value is -4.81. The van der Waals surface area contributed by atoms with Crippen LogP contribution in [-0.2, 0) is 42.3 Å². The van der Waals surface area contributed by atoms with Gasteiger partial charge in [0.05, 0.1) is 42.5 Å². The van der Waals surface area contributed by atoms with Gasteiger partial charge in [-0.3, -0.25) is 43.8 Å². The van der Waals surface area contributed by atoms with E-state index in [0.717, 1.165) is 24.4 Å². The predicted octanol–water partition coefficient (Wildman–Crippen LogP) is 0.435. The van der Waals surface area contributed by atoms with Crippen molar-refractivity contribution in [3.8, 4) is 0 Å². The summed E-state index contributed by atoms with van der Waals surface area (Å²) in [7, 11) is -3.91. The van der Waals surface area contributed by atoms with E-state index in [1.807, 2.05) is 36.4 Å². The fourth-order valence-electron chi connectivity index (χ4n) is 4.83. The van der Waals surface area contributed by atoms with E-state index in [9.17, 15) is 37.8 Å². The van der Waals surface area contributed by atoms with E-state index in [4.69, 9.17) is 5.14 Å². The SMILES string of the molecule is NS(=O)(=O)c1ccc(NC(=O)CN(CCN(CC(=O)O)CC(=O)NCCCCN(Cc2ccccn2)Cc2ccccn2)CC(=O)O)cc1. The number of sulfonamides is 1. The maximum atomic E-state index is 12.7. The number of carbonyl (C=O) groups excluding carboxylic acids is 2. The molecule has 6 N–H and O–H groups in total. The topological polar surface area (TPSA) is 228 Å². The molecule has 0 fully saturated rings. The van der Waals surface area contributed by atoms with Gasteiger partial charge in [0.2, 0.25) is 21.8 Å². The van der Waals surface area contributed by atoms with Crippen molar-refractivity contribution >= 4 is 39.5 Å². The fraction of sp³-hybridized carbons (Fsp3) is 0.375. The molecule has 0 bridgehead atoms. The molecule has 49 heavy (non-hydrogen) atoms. The Morgan fingerprint density at radius 1 is 0.673 bits per heavy atom. The number of benzene rings is 1. The van der Waals surface area contributed by atoms with Crippen LogP contribution in [0.2, 0.25) is 0 Å². The second-order valence-corrected chi connectivity index (χ2v) is 12.8. The normalized spacial score (nSPS) is 11.5. The number of nitrogens with two attached hydrogens (primary N) is 1. The third-order valence-electron chi connectivity index (χ3n) is 7.10. The molecule has 1 aromatic carbocycles. The number of hydrogen-bond acceptors (Lipinski definition) is 11. The first kappa shape index (κ1) is 38.6. The number of hydrogen-bond donors (Lipinski definition) is 5. The number of anilines is 1. The first-order valence-electron chi connectivity index (χ1n) is 15.5. The predicted molar refractivity (Wildman–Crippen MR) is 179 cm³/mol. The van der Waals surface area contributed by atoms with Gasteiger partial charge in [-0.2, -0.15) is 0 Å². The first-order valence-corrected chi connectivity index (χ1v) is 17.0. The number of primary sulfonamides is 1. The average Bonchev–Trinajstić information content (AvgIpc) is 3.03. The number of unbranched alkanes of at least 4 members (excludes halogenated alkanes) is 1. The summed E-state index contributed by atoms with van der Waals surface area (Å²) >= 11 is 0. The minimum Gasteiger partial charge on any atom is -0.480 e. The third-order valence-corrected chi connectivity index (χ3v) is 8.03. The highest BCUT2D eigenvalue weighted by molar-refractivity contribution is 7.89. The number of rotatable bonds is 22. The van der Waals surface area contributed by atoms with Gasteiger partial charge >= 0.3 is 11.9 Å². The summed E-state index contributed by atoms with van der Waals surface area (Å²) in [6.45, 7) is 0.815. The Morgan fingerprint density at radius 2 is 1.20 bits per heavy atom. The zero-order valence-electron chi connectivity index (χ0n) is 27.0. The molecule has 0 saturated heterocycles. The molecule has 0 aliphatic rings. The van der Waals surface area contributed by atoms with E-state index in [-0.39, 0.29) is 42.7 Å². The van der Waals surface area contributed by atoms with E-state index < -0.39 is 41.0 Å². The molecule has 0 radical (unpaired) electrons. The van der Waals surface area contributed by atoms with Crippen molar-refractivity contribution in [2.24, 2.45) is 5.14 Å². The molecule has 0 aliphatic carbocycles. The average molecular weight is 699 g/mol. The smallest absolute Gasteiger partial charge is 0.317 e. The monoisotopic (exact) mass is 698 g/mol. The van der Waals surface area contributed by atoms with Gasteiger partial charge in [-0.15, -0.1) is 0 Å². The van der Waals surface area contributed by atoms with E-state index in [0.29, 0.717) is 26.1 Å². The van der Waals surface area contributed by atoms with E-state index >= 15 is 0 Å². The van der Waals surface area contributed by atoms with Crippen LogP contribution < -0.4 is 15.8 Å². The molecule has 2 heterocycles. The van der Waals surface area contributed by atoms with Crippen LogP contribution in [0, 0.1) is 0 Å². The summed E-state index contributed by atoms with van der Waals surface area (Å²) in [6.07, 6.45) is 4.96. The Bertz CT molecular complexity index is 1570. The molecule has 264 valence electrons. The van der Waals surface area contributed by atoms with Crippen molar-refractivity contribution in [1.29, 1.82) is 0 Å². The number of aromatic nitrogens is 2. The molecule has 2 aromatic heterocycles. The largest absolute Gasteiger partial charge is 0.480 e. The number of carboxylic acids is 2. The van der Waals surface area contributed by atoms with Gasteiger partial charge in [0.25, 0.3) is 0 Å². The lowest BCUT2D eigenvalue weighted by atomic mass is 10.2. The highest BCUT2D eigenvalue weighted by Crippen LogP contribution is 2.13. The number of nitrogens with one attached hydrogen (secondary N) is 2. The summed E-state index contributed by atoms with van der Waals surface area (Å²) < 4.78 is 22.9. The van der Waals surface area contributed by atoms with Crippen LogP contribution in [0.3, 0.4) is 0 Å². The van der Waals surface area contributed by atoms with Gasteiger partial charge in [-0.05, 0) is 67.9 Å². The molecule has 0 unspecified atom stereocenters. The minimum atomic E-state index is -3.91. The molecule has 3 rings (SSSR count). The van der Waals surface area contributed by atoms with Crippen LogP contribution in [0.1, 0.15) is 24.2 Å². The lowest BCUT2D eigenvalue weighted by Gasteiger charge is -2.25. The molecule has 0 saturated carbocycles. The van der Waals surface area contributed by atoms with Crippen LogP contribution in [0.15, 0.2) is 78.0 Å². The Balaban J connectivity index is 1.46. The van der Waals surface area contributed by atoms with E-state index in [2.05, 4.69) is 25.5 Å². The summed E-state index contributed by atoms with van der Waals surface area (Å²) in [5.74, 6) is -3.33. The zero-order chi connectivity index (χ0) is 35.6. The summed E-state index contributed by atoms with van der Waals surface area (Å²) in [5, 5.41) is 29.2. The minimum absolute atomic E-state index is 0.000655. The van der Waals surface area contributed by atoms with Crippen LogP contribution in [0.4, 0.5) is 5.69 Å². The molecule has 17 heteroatoms. The van der Waals surface area contributed by atoms with E-state index in [1.165, 1.54) is 34.1 Å². The second-order valence-electron chi connectivity index (χ2n) is 11.2. The number of aliphatic carboxylic acids is 2. The van der Waals surface area contributed by atoms with Crippen molar-refractivity contribution in [2.45, 2.75) is 30.8 Å². The Kier molecular flexibility index (Phi) is 15.7. The number of amides is 2. The van der Waals surface area contributed by atoms with Crippen molar-refractivity contribution in [3.05, 3.63) is 84.4 Å². The first-order chi connectivity index (χ1) is 23.4. The fourth-order valence-corrected chi connectivity index (χ4v) is 5.34. The van der Waals surface area contributed by atoms with Crippen molar-refractivity contribution in [3.63, 3.8) is 0 Å². The molecule has 0 spiro atoms. The molecule has 2 amide bonds. The van der Waals surface area contributed by atoms with Crippen LogP contribution in [0.5, 0.6) is 0 Å². The second kappa shape index (κ2) is 19.9. The molecular formula is C32H42N8O8S. The van der Waals surface area contributed by atoms with E-state index in [1.54, 1.807) is 12.4 Å². The van der Waals surface area contributed by atoms with Crippen molar-refractivity contribution in [1.82, 2.24) is 30.0 Å². The van der Waals surface area contributed by atoms with Crippen molar-refractivity contribution < 1.29 is 37.8 Å². The van der Waals surface area contributed by atoms with Crippen molar-refractivity contribution in [2.75, 3.05) is 57.7 Å². The summed E-state index contributed by atoms with van der Waals surface area (Å²) in [4.78, 5) is 61.9. The van der Waals surface area contributed by atoms with Gasteiger partial charge in [0.15, 0.2) is 0 Å². The van der Waals surface area contributed by atoms with Gasteiger partial charge in [0, 0.05) is 50.8 Å². The summed E-state index contributed by atoms with van der Waals surface area (Å²) in [5.41, 5.74) is 2.14. The van der Waals surface area contributed by atoms with Gasteiger partial charge in [-0.25, -0.2) is 13.6 Å². The van der Waals surface area contributed by atoms with Crippen LogP contribution in [-0.4, -0.2) is 119 Å². The number of nitrogens with zero attached hydrogens (tertiary/aromatic N) is 5. The molecule has 0 atom stereocenters. The highest BCUT2D eigenvalue weighted by atomic mass is 32.2. The molecular weight excluding hydrogens is 656 g/mol. The summed E-state index contributed by atoms with van der Waals surface area (Å²) in [6, 6.07) is 16.6. The van der Waals surface area contributed by atoms with Gasteiger partial charge in [-0.1, -0.05) is 12.1 Å². The number of pyridine rings is 2.